The molecule has 0 aromatic heterocycles. The quantitative estimate of drug-likeness (QED) is 0.653. The highest BCUT2D eigenvalue weighted by molar-refractivity contribution is 5.48. The third-order valence-electron chi connectivity index (χ3n) is 4.15. The number of fused-ring (bicyclic) bond motifs is 3. The first-order valence-corrected chi connectivity index (χ1v) is 5.84. The first-order valence-electron chi connectivity index (χ1n) is 5.84. The summed E-state index contributed by atoms with van der Waals surface area (Å²) in [4.78, 5) is 2.63. The minimum Gasteiger partial charge on any atom is -0.399 e. The van der Waals surface area contributed by atoms with E-state index in [1.807, 2.05) is 6.07 Å². The highest BCUT2D eigenvalue weighted by atomic mass is 15.2. The van der Waals surface area contributed by atoms with Gasteiger partial charge in [0.25, 0.3) is 0 Å². The molecule has 0 bridgehead atoms. The molecule has 1 atom stereocenters. The summed E-state index contributed by atoms with van der Waals surface area (Å²) in [7, 11) is 0. The van der Waals surface area contributed by atoms with Gasteiger partial charge in [-0.2, -0.15) is 0 Å². The van der Waals surface area contributed by atoms with E-state index in [9.17, 15) is 0 Å². The van der Waals surface area contributed by atoms with Gasteiger partial charge < -0.3 is 5.73 Å². The first-order chi connectivity index (χ1) is 7.20. The molecule has 0 amide bonds. The SMILES string of the molecule is CC12CCCN1CCc1cc(N)ccc12. The van der Waals surface area contributed by atoms with Crippen LogP contribution in [0, 0.1) is 0 Å². The Bertz CT molecular complexity index is 400. The summed E-state index contributed by atoms with van der Waals surface area (Å²) in [6, 6.07) is 6.45. The van der Waals surface area contributed by atoms with Gasteiger partial charge in [0.15, 0.2) is 0 Å². The maximum absolute atomic E-state index is 5.85. The van der Waals surface area contributed by atoms with Crippen LogP contribution in [-0.2, 0) is 12.0 Å². The molecule has 2 nitrogen and oxygen atoms in total. The summed E-state index contributed by atoms with van der Waals surface area (Å²) in [6.07, 6.45) is 3.79. The Labute approximate surface area is 91.1 Å². The van der Waals surface area contributed by atoms with Gasteiger partial charge in [-0.3, -0.25) is 4.90 Å². The van der Waals surface area contributed by atoms with Crippen molar-refractivity contribution in [3.63, 3.8) is 0 Å². The zero-order valence-corrected chi connectivity index (χ0v) is 9.29. The maximum atomic E-state index is 5.85. The molecule has 2 aliphatic rings. The summed E-state index contributed by atoms with van der Waals surface area (Å²) >= 11 is 0. The number of nitrogens with zero attached hydrogens (tertiary/aromatic N) is 1. The Balaban J connectivity index is 2.14. The van der Waals surface area contributed by atoms with E-state index in [2.05, 4.69) is 24.0 Å². The van der Waals surface area contributed by atoms with Crippen LogP contribution < -0.4 is 5.73 Å². The van der Waals surface area contributed by atoms with E-state index < -0.39 is 0 Å². The molecule has 2 N–H and O–H groups in total. The Kier molecular flexibility index (Phi) is 1.84. The van der Waals surface area contributed by atoms with Gasteiger partial charge in [-0.25, -0.2) is 0 Å². The molecule has 1 aromatic rings. The molecular weight excluding hydrogens is 184 g/mol. The Morgan fingerprint density at radius 2 is 2.20 bits per heavy atom. The highest BCUT2D eigenvalue weighted by Crippen LogP contribution is 2.43. The fraction of sp³-hybridized carbons (Fsp3) is 0.538. The van der Waals surface area contributed by atoms with Gasteiger partial charge in [-0.1, -0.05) is 6.07 Å². The smallest absolute Gasteiger partial charge is 0.0435 e. The van der Waals surface area contributed by atoms with Gasteiger partial charge in [-0.05, 0) is 56.0 Å². The van der Waals surface area contributed by atoms with E-state index >= 15 is 0 Å². The number of hydrogen-bond donors (Lipinski definition) is 1. The fourth-order valence-corrected chi connectivity index (χ4v) is 3.28. The van der Waals surface area contributed by atoms with Gasteiger partial charge in [0.05, 0.1) is 0 Å². The van der Waals surface area contributed by atoms with Crippen molar-refractivity contribution in [3.05, 3.63) is 29.3 Å². The van der Waals surface area contributed by atoms with Gasteiger partial charge in [0.2, 0.25) is 0 Å². The van der Waals surface area contributed by atoms with Crippen LogP contribution in [0.5, 0.6) is 0 Å². The molecule has 1 aromatic carbocycles. The highest BCUT2D eigenvalue weighted by Gasteiger charge is 2.41. The average Bonchev–Trinajstić information content (AvgIpc) is 2.59. The lowest BCUT2D eigenvalue weighted by atomic mass is 9.82. The van der Waals surface area contributed by atoms with Crippen LogP contribution in [0.1, 0.15) is 30.9 Å². The van der Waals surface area contributed by atoms with Crippen molar-refractivity contribution < 1.29 is 0 Å². The first kappa shape index (κ1) is 9.22. The second-order valence-electron chi connectivity index (χ2n) is 5.03. The van der Waals surface area contributed by atoms with Crippen molar-refractivity contribution in [1.29, 1.82) is 0 Å². The lowest BCUT2D eigenvalue weighted by Gasteiger charge is -2.41. The van der Waals surface area contributed by atoms with E-state index in [0.717, 1.165) is 12.1 Å². The molecule has 0 spiro atoms. The number of nitrogen functional groups attached to an aromatic ring is 1. The van der Waals surface area contributed by atoms with Crippen molar-refractivity contribution in [3.8, 4) is 0 Å². The second-order valence-corrected chi connectivity index (χ2v) is 5.03. The Morgan fingerprint density at radius 1 is 1.33 bits per heavy atom. The van der Waals surface area contributed by atoms with E-state index in [1.54, 1.807) is 0 Å². The number of anilines is 1. The average molecular weight is 202 g/mol. The van der Waals surface area contributed by atoms with Crippen LogP contribution in [0.3, 0.4) is 0 Å². The number of hydrogen-bond acceptors (Lipinski definition) is 2. The van der Waals surface area contributed by atoms with E-state index in [-0.39, 0.29) is 0 Å². The molecule has 1 saturated heterocycles. The van der Waals surface area contributed by atoms with Crippen molar-refractivity contribution in [2.24, 2.45) is 0 Å². The molecule has 0 saturated carbocycles. The summed E-state index contributed by atoms with van der Waals surface area (Å²) in [5.74, 6) is 0. The van der Waals surface area contributed by atoms with Crippen molar-refractivity contribution in [2.45, 2.75) is 31.7 Å². The fourth-order valence-electron chi connectivity index (χ4n) is 3.28. The van der Waals surface area contributed by atoms with Gasteiger partial charge in [0.1, 0.15) is 0 Å². The van der Waals surface area contributed by atoms with Gasteiger partial charge in [-0.15, -0.1) is 0 Å². The van der Waals surface area contributed by atoms with Crippen LogP contribution in [0.2, 0.25) is 0 Å². The molecular formula is C13H18N2. The molecule has 0 radical (unpaired) electrons. The molecule has 2 aliphatic heterocycles. The number of rotatable bonds is 0. The van der Waals surface area contributed by atoms with Gasteiger partial charge in [0, 0.05) is 17.8 Å². The lowest BCUT2D eigenvalue weighted by Crippen LogP contribution is -2.44. The molecule has 15 heavy (non-hydrogen) atoms. The molecule has 2 heterocycles. The summed E-state index contributed by atoms with van der Waals surface area (Å²) in [6.45, 7) is 4.85. The van der Waals surface area contributed by atoms with Crippen LogP contribution in [0.15, 0.2) is 18.2 Å². The normalized spacial score (nSPS) is 29.9. The molecule has 3 rings (SSSR count). The predicted octanol–water partition coefficient (Wildman–Crippen LogP) is 2.14. The van der Waals surface area contributed by atoms with E-state index in [0.29, 0.717) is 5.54 Å². The van der Waals surface area contributed by atoms with Crippen LogP contribution in [0.25, 0.3) is 0 Å². The standard InChI is InChI=1S/C13H18N2/c1-13-6-2-7-15(13)8-5-10-9-11(14)3-4-12(10)13/h3-4,9H,2,5-8,14H2,1H3. The van der Waals surface area contributed by atoms with Crippen molar-refractivity contribution in [2.75, 3.05) is 18.8 Å². The van der Waals surface area contributed by atoms with E-state index in [1.165, 1.54) is 37.1 Å². The monoisotopic (exact) mass is 202 g/mol. The zero-order valence-electron chi connectivity index (χ0n) is 9.29. The summed E-state index contributed by atoms with van der Waals surface area (Å²) in [5, 5.41) is 0. The Hall–Kier alpha value is -1.02. The summed E-state index contributed by atoms with van der Waals surface area (Å²) < 4.78 is 0. The summed E-state index contributed by atoms with van der Waals surface area (Å²) in [5.41, 5.74) is 10.0. The van der Waals surface area contributed by atoms with Crippen LogP contribution in [-0.4, -0.2) is 18.0 Å². The molecule has 2 heteroatoms. The number of benzene rings is 1. The van der Waals surface area contributed by atoms with Crippen LogP contribution in [0.4, 0.5) is 5.69 Å². The maximum Gasteiger partial charge on any atom is 0.0435 e. The van der Waals surface area contributed by atoms with Crippen molar-refractivity contribution in [1.82, 2.24) is 4.90 Å². The minimum absolute atomic E-state index is 0.293. The lowest BCUT2D eigenvalue weighted by molar-refractivity contribution is 0.143. The Morgan fingerprint density at radius 3 is 3.07 bits per heavy atom. The third kappa shape index (κ3) is 1.21. The molecule has 1 fully saturated rings. The third-order valence-corrected chi connectivity index (χ3v) is 4.15. The van der Waals surface area contributed by atoms with Crippen molar-refractivity contribution >= 4 is 5.69 Å². The van der Waals surface area contributed by atoms with Crippen LogP contribution >= 0.6 is 0 Å². The molecule has 0 aliphatic carbocycles. The van der Waals surface area contributed by atoms with E-state index in [4.69, 9.17) is 5.73 Å². The topological polar surface area (TPSA) is 29.3 Å². The second kappa shape index (κ2) is 2.99. The zero-order chi connectivity index (χ0) is 10.5. The predicted molar refractivity (Wildman–Crippen MR) is 62.7 cm³/mol. The largest absolute Gasteiger partial charge is 0.399 e. The molecule has 80 valence electrons. The number of nitrogens with two attached hydrogens (primary N) is 1. The van der Waals surface area contributed by atoms with Gasteiger partial charge >= 0.3 is 0 Å². The minimum atomic E-state index is 0.293. The molecule has 1 unspecified atom stereocenters.